The minimum atomic E-state index is -3.35. The van der Waals surface area contributed by atoms with Crippen molar-refractivity contribution in [2.45, 2.75) is 48.4 Å². The van der Waals surface area contributed by atoms with Gasteiger partial charge in [0.15, 0.2) is 9.84 Å². The highest BCUT2D eigenvalue weighted by Crippen LogP contribution is 2.39. The van der Waals surface area contributed by atoms with Crippen LogP contribution in [0, 0.1) is 0 Å². The highest BCUT2D eigenvalue weighted by Gasteiger charge is 2.38. The van der Waals surface area contributed by atoms with Gasteiger partial charge in [0.05, 0.1) is 15.8 Å². The predicted molar refractivity (Wildman–Crippen MR) is 114 cm³/mol. The van der Waals surface area contributed by atoms with E-state index in [1.54, 1.807) is 12.3 Å². The van der Waals surface area contributed by atoms with Crippen molar-refractivity contribution in [1.29, 1.82) is 0 Å². The molecule has 1 amide bonds. The Labute approximate surface area is 178 Å². The molecule has 2 aliphatic rings. The van der Waals surface area contributed by atoms with Crippen LogP contribution in [0.15, 0.2) is 52.0 Å². The molecular weight excluding hydrogens is 456 g/mol. The summed E-state index contributed by atoms with van der Waals surface area (Å²) in [5.74, 6) is 0. The third-order valence-corrected chi connectivity index (χ3v) is 8.05. The fraction of sp³-hybridized carbons (Fsp3) is 0.333. The molecule has 0 radical (unpaired) electrons. The Hall–Kier alpha value is -2.19. The molecule has 0 saturated heterocycles. The monoisotopic (exact) mass is 476 g/mol. The van der Waals surface area contributed by atoms with Gasteiger partial charge in [-0.25, -0.2) is 13.2 Å². The summed E-state index contributed by atoms with van der Waals surface area (Å²) in [4.78, 5) is 15.8. The number of benzene rings is 1. The van der Waals surface area contributed by atoms with Gasteiger partial charge >= 0.3 is 6.09 Å². The first-order valence-electron chi connectivity index (χ1n) is 9.50. The number of carbonyl (C=O) groups excluding carboxylic acids is 1. The van der Waals surface area contributed by atoms with E-state index in [1.165, 1.54) is 0 Å². The molecule has 29 heavy (non-hydrogen) atoms. The van der Waals surface area contributed by atoms with Gasteiger partial charge in [-0.05, 0) is 61.1 Å². The number of nitrogens with two attached hydrogens (primary N) is 1. The molecular formula is C21H21BrN2O4S. The summed E-state index contributed by atoms with van der Waals surface area (Å²) in [6.45, 7) is 0. The van der Waals surface area contributed by atoms with Gasteiger partial charge in [0.25, 0.3) is 0 Å². The number of sulfone groups is 1. The molecule has 0 aliphatic heterocycles. The first kappa shape index (κ1) is 20.1. The van der Waals surface area contributed by atoms with Crippen molar-refractivity contribution < 1.29 is 17.9 Å². The molecule has 1 aromatic heterocycles. The van der Waals surface area contributed by atoms with Crippen molar-refractivity contribution >= 4 is 37.4 Å². The van der Waals surface area contributed by atoms with Crippen molar-refractivity contribution in [3.63, 3.8) is 0 Å². The van der Waals surface area contributed by atoms with E-state index in [9.17, 15) is 13.2 Å². The molecule has 2 N–H and O–H groups in total. The summed E-state index contributed by atoms with van der Waals surface area (Å²) in [5, 5.41) is -0.278. The summed E-state index contributed by atoms with van der Waals surface area (Å²) in [7, 11) is -3.35. The second kappa shape index (κ2) is 7.91. The Morgan fingerprint density at radius 3 is 2.62 bits per heavy atom. The summed E-state index contributed by atoms with van der Waals surface area (Å²) in [6, 6.07) is 9.14. The van der Waals surface area contributed by atoms with Gasteiger partial charge < -0.3 is 10.5 Å². The summed E-state index contributed by atoms with van der Waals surface area (Å²) >= 11 is 3.40. The molecule has 1 aromatic carbocycles. The van der Waals surface area contributed by atoms with Crippen molar-refractivity contribution in [3.05, 3.63) is 52.8 Å². The molecule has 0 bridgehead atoms. The lowest BCUT2D eigenvalue weighted by atomic mass is 9.93. The van der Waals surface area contributed by atoms with Crippen molar-refractivity contribution in [1.82, 2.24) is 4.98 Å². The van der Waals surface area contributed by atoms with Crippen LogP contribution in [0.25, 0.3) is 16.7 Å². The Balaban J connectivity index is 1.67. The fourth-order valence-electron chi connectivity index (χ4n) is 3.62. The smallest absolute Gasteiger partial charge is 0.404 e. The fourth-order valence-corrected chi connectivity index (χ4v) is 6.03. The molecule has 1 fully saturated rings. The average Bonchev–Trinajstić information content (AvgIpc) is 3.54. The van der Waals surface area contributed by atoms with Crippen LogP contribution in [-0.4, -0.2) is 30.8 Å². The first-order valence-corrected chi connectivity index (χ1v) is 11.8. The number of halogens is 1. The van der Waals surface area contributed by atoms with Crippen molar-refractivity contribution in [2.75, 3.05) is 0 Å². The number of aromatic nitrogens is 1. The van der Waals surface area contributed by atoms with Crippen molar-refractivity contribution in [3.8, 4) is 11.1 Å². The molecule has 152 valence electrons. The molecule has 2 aromatic rings. The molecule has 1 saturated carbocycles. The molecule has 2 aliphatic carbocycles. The molecule has 0 spiro atoms. The standard InChI is InChI=1S/C21H21BrN2O4S/c22-15-3-8-18(20(12-15)29(26,27)17-6-7-17)14-9-10-24-19(11-14)13-1-4-16(5-2-13)28-21(23)25/h1,3,8-12,16-17H,2,4-7H2,(H2,23,25). The van der Waals surface area contributed by atoms with E-state index in [0.717, 1.165) is 34.1 Å². The third kappa shape index (κ3) is 4.38. The number of ether oxygens (including phenoxy) is 1. The van der Waals surface area contributed by atoms with Gasteiger partial charge in [-0.1, -0.05) is 28.1 Å². The van der Waals surface area contributed by atoms with E-state index < -0.39 is 15.9 Å². The van der Waals surface area contributed by atoms with Crippen LogP contribution in [0.5, 0.6) is 0 Å². The lowest BCUT2D eigenvalue weighted by molar-refractivity contribution is 0.102. The predicted octanol–water partition coefficient (Wildman–Crippen LogP) is 4.48. The first-order chi connectivity index (χ1) is 13.8. The van der Waals surface area contributed by atoms with Gasteiger partial charge in [-0.15, -0.1) is 0 Å². The minimum Gasteiger partial charge on any atom is -0.446 e. The maximum atomic E-state index is 13.0. The van der Waals surface area contributed by atoms with E-state index in [0.29, 0.717) is 29.7 Å². The summed E-state index contributed by atoms with van der Waals surface area (Å²) < 4.78 is 31.7. The molecule has 1 heterocycles. The topological polar surface area (TPSA) is 99.4 Å². The van der Waals surface area contributed by atoms with Gasteiger partial charge in [-0.2, -0.15) is 0 Å². The van der Waals surface area contributed by atoms with Crippen LogP contribution in [0.3, 0.4) is 0 Å². The molecule has 1 atom stereocenters. The van der Waals surface area contributed by atoms with Gasteiger partial charge in [0.2, 0.25) is 0 Å². The zero-order chi connectivity index (χ0) is 20.6. The number of nitrogens with zero attached hydrogens (tertiary/aromatic N) is 1. The summed E-state index contributed by atoms with van der Waals surface area (Å²) in [5.41, 5.74) is 8.46. The van der Waals surface area contributed by atoms with Crippen LogP contribution < -0.4 is 5.73 Å². The van der Waals surface area contributed by atoms with E-state index in [1.807, 2.05) is 30.3 Å². The maximum Gasteiger partial charge on any atom is 0.404 e. The zero-order valence-corrected chi connectivity index (χ0v) is 18.1. The van der Waals surface area contributed by atoms with E-state index in [2.05, 4.69) is 20.9 Å². The molecule has 4 rings (SSSR count). The second-order valence-corrected chi connectivity index (χ2v) is 10.5. The highest BCUT2D eigenvalue weighted by molar-refractivity contribution is 9.10. The number of hydrogen-bond donors (Lipinski definition) is 1. The Morgan fingerprint density at radius 1 is 1.17 bits per heavy atom. The molecule has 8 heteroatoms. The van der Waals surface area contributed by atoms with Crippen LogP contribution in [0.2, 0.25) is 0 Å². The number of primary amides is 1. The Kier molecular flexibility index (Phi) is 5.48. The number of carbonyl (C=O) groups is 1. The van der Waals surface area contributed by atoms with Gasteiger partial charge in [0, 0.05) is 22.7 Å². The van der Waals surface area contributed by atoms with Crippen LogP contribution in [0.1, 0.15) is 37.8 Å². The number of rotatable bonds is 5. The average molecular weight is 477 g/mol. The molecule has 1 unspecified atom stereocenters. The zero-order valence-electron chi connectivity index (χ0n) is 15.7. The van der Waals surface area contributed by atoms with Crippen molar-refractivity contribution in [2.24, 2.45) is 5.73 Å². The number of pyridine rings is 1. The normalized spacial score (nSPS) is 19.5. The lowest BCUT2D eigenvalue weighted by Gasteiger charge is -2.21. The van der Waals surface area contributed by atoms with Crippen LogP contribution in [0.4, 0.5) is 4.79 Å². The maximum absolute atomic E-state index is 13.0. The number of amides is 1. The number of allylic oxidation sites excluding steroid dienone is 1. The molecule has 6 nitrogen and oxygen atoms in total. The highest BCUT2D eigenvalue weighted by atomic mass is 79.9. The second-order valence-electron chi connectivity index (χ2n) is 7.38. The number of hydrogen-bond acceptors (Lipinski definition) is 5. The largest absolute Gasteiger partial charge is 0.446 e. The van der Waals surface area contributed by atoms with Crippen LogP contribution >= 0.6 is 15.9 Å². The quantitative estimate of drug-likeness (QED) is 0.685. The third-order valence-electron chi connectivity index (χ3n) is 5.26. The van der Waals surface area contributed by atoms with E-state index in [-0.39, 0.29) is 11.4 Å². The lowest BCUT2D eigenvalue weighted by Crippen LogP contribution is -2.24. The Morgan fingerprint density at radius 2 is 1.97 bits per heavy atom. The van der Waals surface area contributed by atoms with Gasteiger partial charge in [0.1, 0.15) is 6.10 Å². The van der Waals surface area contributed by atoms with Crippen LogP contribution in [-0.2, 0) is 14.6 Å². The summed E-state index contributed by atoms with van der Waals surface area (Å²) in [6.07, 6.45) is 6.16. The Bertz CT molecular complexity index is 1090. The minimum absolute atomic E-state index is 0.207. The SMILES string of the molecule is NC(=O)OC1CC=C(c2cc(-c3ccc(Br)cc3S(=O)(=O)C3CC3)ccn2)CC1. The van der Waals surface area contributed by atoms with E-state index >= 15 is 0 Å². The van der Waals surface area contributed by atoms with Gasteiger partial charge in [-0.3, -0.25) is 4.98 Å². The van der Waals surface area contributed by atoms with E-state index in [4.69, 9.17) is 10.5 Å².